The third-order valence-corrected chi connectivity index (χ3v) is 3.24. The molecule has 15 heavy (non-hydrogen) atoms. The maximum Gasteiger partial charge on any atom is 0.120 e. The lowest BCUT2D eigenvalue weighted by Crippen LogP contribution is -2.13. The smallest absolute Gasteiger partial charge is 0.120 e. The van der Waals surface area contributed by atoms with Crippen LogP contribution in [0.1, 0.15) is 56.5 Å². The number of rotatable bonds is 4. The Labute approximate surface area is 91.7 Å². The summed E-state index contributed by atoms with van der Waals surface area (Å²) in [5.41, 5.74) is 1.35. The quantitative estimate of drug-likeness (QED) is 0.796. The van der Waals surface area contributed by atoms with Crippen molar-refractivity contribution < 1.29 is 0 Å². The van der Waals surface area contributed by atoms with E-state index in [4.69, 9.17) is 0 Å². The van der Waals surface area contributed by atoms with Crippen molar-refractivity contribution in [2.75, 3.05) is 6.54 Å². The van der Waals surface area contributed by atoms with Gasteiger partial charge in [-0.15, -0.1) is 0 Å². The summed E-state index contributed by atoms with van der Waals surface area (Å²) in [6, 6.07) is 0. The maximum atomic E-state index is 4.41. The molecule has 1 saturated carbocycles. The highest BCUT2D eigenvalue weighted by Crippen LogP contribution is 2.31. The van der Waals surface area contributed by atoms with Gasteiger partial charge in [-0.2, -0.15) is 0 Å². The van der Waals surface area contributed by atoms with Gasteiger partial charge in [-0.3, -0.25) is 0 Å². The Hall–Kier alpha value is -0.830. The normalized spacial score (nSPS) is 18.2. The minimum Gasteiger partial charge on any atom is -0.345 e. The van der Waals surface area contributed by atoms with Gasteiger partial charge < -0.3 is 10.3 Å². The monoisotopic (exact) mass is 207 g/mol. The average Bonchev–Trinajstić information content (AvgIpc) is 2.76. The molecule has 0 aromatic carbocycles. The molecule has 2 N–H and O–H groups in total. The lowest BCUT2D eigenvalue weighted by molar-refractivity contribution is 0.437. The van der Waals surface area contributed by atoms with Crippen LogP contribution in [0.4, 0.5) is 0 Å². The Balaban J connectivity index is 1.93. The van der Waals surface area contributed by atoms with E-state index < -0.39 is 0 Å². The van der Waals surface area contributed by atoms with Crippen LogP contribution in [0.15, 0.2) is 6.20 Å². The minimum atomic E-state index is 0.738. The van der Waals surface area contributed by atoms with Crippen molar-refractivity contribution in [2.45, 2.75) is 51.5 Å². The van der Waals surface area contributed by atoms with Gasteiger partial charge in [0.25, 0.3) is 0 Å². The predicted molar refractivity (Wildman–Crippen MR) is 61.8 cm³/mol. The molecule has 2 rings (SSSR count). The van der Waals surface area contributed by atoms with E-state index in [0.29, 0.717) is 0 Å². The lowest BCUT2D eigenvalue weighted by atomic mass is 9.87. The summed E-state index contributed by atoms with van der Waals surface area (Å²) >= 11 is 0. The van der Waals surface area contributed by atoms with Gasteiger partial charge in [0.1, 0.15) is 5.82 Å². The van der Waals surface area contributed by atoms with Crippen LogP contribution >= 0.6 is 0 Å². The van der Waals surface area contributed by atoms with Crippen LogP contribution in [0.3, 0.4) is 0 Å². The number of hydrogen-bond donors (Lipinski definition) is 2. The first kappa shape index (κ1) is 10.7. The Morgan fingerprint density at radius 3 is 2.93 bits per heavy atom. The Kier molecular flexibility index (Phi) is 3.78. The molecule has 1 heterocycles. The molecule has 3 heteroatoms. The van der Waals surface area contributed by atoms with Crippen molar-refractivity contribution in [3.8, 4) is 0 Å². The van der Waals surface area contributed by atoms with E-state index >= 15 is 0 Å². The van der Waals surface area contributed by atoms with Gasteiger partial charge in [-0.05, 0) is 19.4 Å². The molecule has 0 amide bonds. The third kappa shape index (κ3) is 2.81. The fraction of sp³-hybridized carbons (Fsp3) is 0.750. The summed E-state index contributed by atoms with van der Waals surface area (Å²) in [7, 11) is 0. The van der Waals surface area contributed by atoms with Crippen LogP contribution in [-0.2, 0) is 6.54 Å². The number of hydrogen-bond acceptors (Lipinski definition) is 2. The second-order valence-electron chi connectivity index (χ2n) is 4.40. The van der Waals surface area contributed by atoms with E-state index in [1.807, 2.05) is 6.20 Å². The SMILES string of the molecule is CCNCc1ncc(C2CCCCC2)[nH]1. The predicted octanol–water partition coefficient (Wildman–Crippen LogP) is 2.57. The zero-order chi connectivity index (χ0) is 10.5. The fourth-order valence-corrected chi connectivity index (χ4v) is 2.33. The van der Waals surface area contributed by atoms with Crippen molar-refractivity contribution in [3.05, 3.63) is 17.7 Å². The largest absolute Gasteiger partial charge is 0.345 e. The molecule has 1 aromatic rings. The van der Waals surface area contributed by atoms with E-state index in [-0.39, 0.29) is 0 Å². The number of nitrogens with one attached hydrogen (secondary N) is 2. The summed E-state index contributed by atoms with van der Waals surface area (Å²) in [4.78, 5) is 7.85. The number of imidazole rings is 1. The van der Waals surface area contributed by atoms with Crippen molar-refractivity contribution >= 4 is 0 Å². The number of aromatic nitrogens is 2. The minimum absolute atomic E-state index is 0.738. The van der Waals surface area contributed by atoms with Crippen LogP contribution in [0.5, 0.6) is 0 Å². The Morgan fingerprint density at radius 1 is 1.40 bits per heavy atom. The summed E-state index contributed by atoms with van der Waals surface area (Å²) in [5.74, 6) is 1.82. The van der Waals surface area contributed by atoms with Gasteiger partial charge in [0, 0.05) is 17.8 Å². The molecule has 1 aromatic heterocycles. The van der Waals surface area contributed by atoms with Crippen LogP contribution in [-0.4, -0.2) is 16.5 Å². The molecular weight excluding hydrogens is 186 g/mol. The molecule has 0 spiro atoms. The van der Waals surface area contributed by atoms with E-state index in [0.717, 1.165) is 24.8 Å². The molecule has 84 valence electrons. The highest BCUT2D eigenvalue weighted by molar-refractivity contribution is 5.08. The number of H-pyrrole nitrogens is 1. The molecule has 0 radical (unpaired) electrons. The molecule has 0 aliphatic heterocycles. The zero-order valence-corrected chi connectivity index (χ0v) is 9.55. The van der Waals surface area contributed by atoms with E-state index in [1.165, 1.54) is 37.8 Å². The molecule has 0 atom stereocenters. The van der Waals surface area contributed by atoms with Crippen molar-refractivity contribution in [1.82, 2.24) is 15.3 Å². The van der Waals surface area contributed by atoms with E-state index in [9.17, 15) is 0 Å². The highest BCUT2D eigenvalue weighted by atomic mass is 15.0. The highest BCUT2D eigenvalue weighted by Gasteiger charge is 2.17. The fourth-order valence-electron chi connectivity index (χ4n) is 2.33. The van der Waals surface area contributed by atoms with Gasteiger partial charge in [0.05, 0.1) is 6.54 Å². The molecule has 0 saturated heterocycles. The van der Waals surface area contributed by atoms with E-state index in [2.05, 4.69) is 22.2 Å². The Bertz CT molecular complexity index is 287. The van der Waals surface area contributed by atoms with Gasteiger partial charge in [-0.25, -0.2) is 4.98 Å². The molecule has 3 nitrogen and oxygen atoms in total. The number of aromatic amines is 1. The third-order valence-electron chi connectivity index (χ3n) is 3.24. The summed E-state index contributed by atoms with van der Waals surface area (Å²) < 4.78 is 0. The lowest BCUT2D eigenvalue weighted by Gasteiger charge is -2.19. The van der Waals surface area contributed by atoms with Gasteiger partial charge in [0.2, 0.25) is 0 Å². The second-order valence-corrected chi connectivity index (χ2v) is 4.40. The summed E-state index contributed by atoms with van der Waals surface area (Å²) in [5, 5.41) is 3.29. The topological polar surface area (TPSA) is 40.7 Å². The van der Waals surface area contributed by atoms with E-state index in [1.54, 1.807) is 0 Å². The average molecular weight is 207 g/mol. The molecule has 1 fully saturated rings. The van der Waals surface area contributed by atoms with Crippen LogP contribution in [0.25, 0.3) is 0 Å². The first-order valence-electron chi connectivity index (χ1n) is 6.14. The van der Waals surface area contributed by atoms with Crippen LogP contribution in [0, 0.1) is 0 Å². The molecule has 0 unspecified atom stereocenters. The van der Waals surface area contributed by atoms with Crippen molar-refractivity contribution in [3.63, 3.8) is 0 Å². The van der Waals surface area contributed by atoms with Gasteiger partial charge in [-0.1, -0.05) is 26.2 Å². The van der Waals surface area contributed by atoms with Crippen molar-refractivity contribution in [2.24, 2.45) is 0 Å². The molecule has 1 aliphatic rings. The van der Waals surface area contributed by atoms with Crippen LogP contribution < -0.4 is 5.32 Å². The van der Waals surface area contributed by atoms with Gasteiger partial charge in [0.15, 0.2) is 0 Å². The Morgan fingerprint density at radius 2 is 2.20 bits per heavy atom. The maximum absolute atomic E-state index is 4.41. The second kappa shape index (κ2) is 5.31. The first-order chi connectivity index (χ1) is 7.40. The standard InChI is InChI=1S/C12H21N3/c1-2-13-9-12-14-8-11(15-12)10-6-4-3-5-7-10/h8,10,13H,2-7,9H2,1H3,(H,14,15). The summed E-state index contributed by atoms with van der Waals surface area (Å²) in [6.07, 6.45) is 8.88. The molecule has 0 bridgehead atoms. The number of nitrogens with zero attached hydrogens (tertiary/aromatic N) is 1. The van der Waals surface area contributed by atoms with Gasteiger partial charge >= 0.3 is 0 Å². The zero-order valence-electron chi connectivity index (χ0n) is 9.55. The molecule has 1 aliphatic carbocycles. The van der Waals surface area contributed by atoms with Crippen LogP contribution in [0.2, 0.25) is 0 Å². The van der Waals surface area contributed by atoms with Crippen molar-refractivity contribution in [1.29, 1.82) is 0 Å². The summed E-state index contributed by atoms with van der Waals surface area (Å²) in [6.45, 7) is 3.98. The first-order valence-corrected chi connectivity index (χ1v) is 6.14. The molecular formula is C12H21N3.